The number of nitro benzene ring substituents is 1. The minimum Gasteiger partial charge on any atom is -0.497 e. The second-order valence-electron chi connectivity index (χ2n) is 8.52. The fourth-order valence-corrected chi connectivity index (χ4v) is 5.33. The zero-order chi connectivity index (χ0) is 23.3. The molecule has 10 nitrogen and oxygen atoms in total. The van der Waals surface area contributed by atoms with Gasteiger partial charge in [-0.2, -0.15) is 0 Å². The molecule has 33 heavy (non-hydrogen) atoms. The largest absolute Gasteiger partial charge is 0.497 e. The van der Waals surface area contributed by atoms with Crippen molar-refractivity contribution in [2.75, 3.05) is 23.5 Å². The molecule has 0 aliphatic carbocycles. The molecule has 2 aromatic carbocycles. The predicted octanol–water partition coefficient (Wildman–Crippen LogP) is 2.79. The third-order valence-corrected chi connectivity index (χ3v) is 6.87. The van der Waals surface area contributed by atoms with E-state index in [4.69, 9.17) is 4.74 Å². The number of benzene rings is 2. The summed E-state index contributed by atoms with van der Waals surface area (Å²) in [4.78, 5) is 54.1. The normalized spacial score (nSPS) is 24.3. The van der Waals surface area contributed by atoms with Crippen LogP contribution in [-0.2, 0) is 16.0 Å². The molecule has 2 fully saturated rings. The lowest BCUT2D eigenvalue weighted by Crippen LogP contribution is -2.72. The number of piperidine rings is 1. The van der Waals surface area contributed by atoms with Gasteiger partial charge in [0.25, 0.3) is 11.6 Å². The number of urea groups is 1. The minimum absolute atomic E-state index is 0.0181. The molecule has 2 atom stereocenters. The predicted molar refractivity (Wildman–Crippen MR) is 118 cm³/mol. The maximum atomic E-state index is 14.0. The van der Waals surface area contributed by atoms with Gasteiger partial charge in [-0.15, -0.1) is 0 Å². The van der Waals surface area contributed by atoms with E-state index < -0.39 is 34.2 Å². The van der Waals surface area contributed by atoms with Gasteiger partial charge >= 0.3 is 6.03 Å². The van der Waals surface area contributed by atoms with E-state index in [1.54, 1.807) is 30.3 Å². The van der Waals surface area contributed by atoms with E-state index >= 15 is 0 Å². The molecular formula is C23H22N4O6. The average molecular weight is 450 g/mol. The number of nitro groups is 1. The van der Waals surface area contributed by atoms with Gasteiger partial charge in [0.2, 0.25) is 5.91 Å². The van der Waals surface area contributed by atoms with Crippen LogP contribution in [0, 0.1) is 15.5 Å². The number of hydrogen-bond acceptors (Lipinski definition) is 7. The molecule has 170 valence electrons. The van der Waals surface area contributed by atoms with Crippen molar-refractivity contribution >= 4 is 34.9 Å². The van der Waals surface area contributed by atoms with Crippen molar-refractivity contribution < 1.29 is 24.0 Å². The summed E-state index contributed by atoms with van der Waals surface area (Å²) in [5, 5.41) is 13.8. The molecule has 1 spiro atoms. The maximum Gasteiger partial charge on any atom is 0.335 e. The van der Waals surface area contributed by atoms with Crippen molar-refractivity contribution in [1.82, 2.24) is 5.32 Å². The van der Waals surface area contributed by atoms with Crippen molar-refractivity contribution in [3.63, 3.8) is 0 Å². The second kappa shape index (κ2) is 7.58. The van der Waals surface area contributed by atoms with Crippen LogP contribution in [0.4, 0.5) is 21.9 Å². The summed E-state index contributed by atoms with van der Waals surface area (Å²) in [6, 6.07) is 9.72. The molecule has 0 unspecified atom stereocenters. The summed E-state index contributed by atoms with van der Waals surface area (Å²) < 4.78 is 5.16. The van der Waals surface area contributed by atoms with Gasteiger partial charge in [-0.25, -0.2) is 9.69 Å². The van der Waals surface area contributed by atoms with Crippen LogP contribution in [-0.4, -0.2) is 42.5 Å². The maximum absolute atomic E-state index is 14.0. The van der Waals surface area contributed by atoms with Gasteiger partial charge in [0.15, 0.2) is 5.41 Å². The zero-order valence-corrected chi connectivity index (χ0v) is 17.9. The van der Waals surface area contributed by atoms with Crippen LogP contribution in [0.1, 0.15) is 24.8 Å². The molecule has 0 aromatic heterocycles. The van der Waals surface area contributed by atoms with Gasteiger partial charge in [0, 0.05) is 30.8 Å². The number of methoxy groups -OCH3 is 1. The number of imide groups is 2. The number of ether oxygens (including phenoxy) is 1. The topological polar surface area (TPSA) is 122 Å². The molecular weight excluding hydrogens is 428 g/mol. The SMILES string of the molecule is COc1ccc(N2C(=O)NC(=O)[C@@]3(Cc4cc([N+](=O)[O-])ccc4N4CCCC[C@@H]43)C2=O)cc1. The second-order valence-corrected chi connectivity index (χ2v) is 8.52. The number of nitrogens with zero attached hydrogens (tertiary/aromatic N) is 3. The minimum atomic E-state index is -1.57. The molecule has 10 heteroatoms. The summed E-state index contributed by atoms with van der Waals surface area (Å²) in [5.74, 6) is -0.710. The molecule has 2 saturated heterocycles. The Morgan fingerprint density at radius 1 is 1.12 bits per heavy atom. The van der Waals surface area contributed by atoms with Crippen LogP contribution in [0.5, 0.6) is 5.75 Å². The Labute approximate surface area is 189 Å². The number of fused-ring (bicyclic) bond motifs is 4. The number of carbonyl (C=O) groups is 3. The Morgan fingerprint density at radius 2 is 1.88 bits per heavy atom. The number of hydrogen-bond donors (Lipinski definition) is 1. The van der Waals surface area contributed by atoms with Crippen LogP contribution in [0.3, 0.4) is 0 Å². The summed E-state index contributed by atoms with van der Waals surface area (Å²) in [6.45, 7) is 0.619. The number of non-ortho nitro benzene ring substituents is 1. The smallest absolute Gasteiger partial charge is 0.335 e. The lowest BCUT2D eigenvalue weighted by Gasteiger charge is -2.53. The third-order valence-electron chi connectivity index (χ3n) is 6.87. The van der Waals surface area contributed by atoms with Crippen LogP contribution in [0.2, 0.25) is 0 Å². The number of rotatable bonds is 3. The van der Waals surface area contributed by atoms with E-state index in [9.17, 15) is 24.5 Å². The van der Waals surface area contributed by atoms with Gasteiger partial charge < -0.3 is 9.64 Å². The van der Waals surface area contributed by atoms with Crippen molar-refractivity contribution in [2.45, 2.75) is 31.7 Å². The third kappa shape index (κ3) is 3.05. The highest BCUT2D eigenvalue weighted by molar-refractivity contribution is 6.30. The van der Waals surface area contributed by atoms with Gasteiger partial charge in [0.1, 0.15) is 5.75 Å². The van der Waals surface area contributed by atoms with E-state index in [2.05, 4.69) is 5.32 Å². The summed E-state index contributed by atoms with van der Waals surface area (Å²) in [5.41, 5.74) is -0.0148. The van der Waals surface area contributed by atoms with Gasteiger partial charge in [-0.05, 0) is 55.2 Å². The number of amides is 4. The lowest BCUT2D eigenvalue weighted by molar-refractivity contribution is -0.384. The van der Waals surface area contributed by atoms with E-state index in [0.29, 0.717) is 30.0 Å². The molecule has 0 radical (unpaired) electrons. The average Bonchev–Trinajstić information content (AvgIpc) is 2.82. The van der Waals surface area contributed by atoms with Crippen molar-refractivity contribution in [2.24, 2.45) is 5.41 Å². The molecule has 2 aromatic rings. The molecule has 4 amide bonds. The van der Waals surface area contributed by atoms with E-state index in [1.807, 2.05) is 4.90 Å². The molecule has 3 aliphatic rings. The molecule has 0 saturated carbocycles. The summed E-state index contributed by atoms with van der Waals surface area (Å²) in [6.07, 6.45) is 2.29. The summed E-state index contributed by atoms with van der Waals surface area (Å²) in [7, 11) is 1.51. The fraction of sp³-hybridized carbons (Fsp3) is 0.348. The van der Waals surface area contributed by atoms with Crippen molar-refractivity contribution in [1.29, 1.82) is 0 Å². The van der Waals surface area contributed by atoms with Crippen LogP contribution < -0.4 is 19.9 Å². The number of barbiturate groups is 1. The monoisotopic (exact) mass is 450 g/mol. The molecule has 1 N–H and O–H groups in total. The first-order chi connectivity index (χ1) is 15.9. The first-order valence-corrected chi connectivity index (χ1v) is 10.7. The highest BCUT2D eigenvalue weighted by atomic mass is 16.6. The standard InChI is InChI=1S/C23H22N4O6/c1-33-17-8-5-15(6-9-17)26-21(29)23(20(28)24-22(26)30)13-14-12-16(27(31)32)7-10-18(14)25-11-3-2-4-19(23)25/h5-10,12,19H,2-4,11,13H2,1H3,(H,24,28,30)/t19-,23+/m1/s1. The number of carbonyl (C=O) groups excluding carboxylic acids is 3. The molecule has 3 aliphatic heterocycles. The number of nitrogens with one attached hydrogen (secondary N) is 1. The molecule has 5 rings (SSSR count). The Bertz CT molecular complexity index is 1180. The fourth-order valence-electron chi connectivity index (χ4n) is 5.33. The Kier molecular flexibility index (Phi) is 4.80. The van der Waals surface area contributed by atoms with Gasteiger partial charge in [0.05, 0.1) is 23.8 Å². The van der Waals surface area contributed by atoms with E-state index in [1.165, 1.54) is 19.2 Å². The Morgan fingerprint density at radius 3 is 2.58 bits per heavy atom. The molecule has 0 bridgehead atoms. The van der Waals surface area contributed by atoms with Crippen LogP contribution >= 0.6 is 0 Å². The van der Waals surface area contributed by atoms with E-state index in [0.717, 1.165) is 23.4 Å². The Hall–Kier alpha value is -3.95. The van der Waals surface area contributed by atoms with E-state index in [-0.39, 0.29) is 12.1 Å². The first kappa shape index (κ1) is 20.9. The van der Waals surface area contributed by atoms with Crippen LogP contribution in [0.25, 0.3) is 0 Å². The van der Waals surface area contributed by atoms with Gasteiger partial charge in [-0.3, -0.25) is 25.0 Å². The molecule has 3 heterocycles. The highest BCUT2D eigenvalue weighted by Crippen LogP contribution is 2.48. The highest BCUT2D eigenvalue weighted by Gasteiger charge is 2.62. The van der Waals surface area contributed by atoms with Crippen LogP contribution in [0.15, 0.2) is 42.5 Å². The van der Waals surface area contributed by atoms with Gasteiger partial charge in [-0.1, -0.05) is 0 Å². The number of anilines is 2. The Balaban J connectivity index is 1.64. The first-order valence-electron chi connectivity index (χ1n) is 10.7. The van der Waals surface area contributed by atoms with Crippen molar-refractivity contribution in [3.8, 4) is 5.75 Å². The quantitative estimate of drug-likeness (QED) is 0.433. The summed E-state index contributed by atoms with van der Waals surface area (Å²) >= 11 is 0. The zero-order valence-electron chi connectivity index (χ0n) is 17.9. The van der Waals surface area contributed by atoms with Crippen molar-refractivity contribution in [3.05, 3.63) is 58.1 Å². The lowest BCUT2D eigenvalue weighted by atomic mass is 9.66.